The van der Waals surface area contributed by atoms with Crippen LogP contribution < -0.4 is 0 Å². The second-order valence-corrected chi connectivity index (χ2v) is 9.57. The standard InChI is InChI=1S/C26H19FN2O3S/c27-21-10-7-17(8-11-21)18-5-6-20-16-22(12-9-19(20)15-18)33(31,32)24-4-2-1-3-23(24)25(30)26-28-13-14-29-26/h1-16,25,30H,(H,28,29). The Morgan fingerprint density at radius 3 is 2.30 bits per heavy atom. The van der Waals surface area contributed by atoms with E-state index in [-0.39, 0.29) is 27.0 Å². The second-order valence-electron chi connectivity index (χ2n) is 7.65. The number of sulfone groups is 1. The minimum Gasteiger partial charge on any atom is -0.380 e. The Bertz CT molecular complexity index is 1550. The van der Waals surface area contributed by atoms with Crippen molar-refractivity contribution in [3.8, 4) is 11.1 Å². The van der Waals surface area contributed by atoms with E-state index < -0.39 is 15.9 Å². The third kappa shape index (κ3) is 3.92. The Labute approximate surface area is 190 Å². The molecule has 0 saturated heterocycles. The highest BCUT2D eigenvalue weighted by atomic mass is 32.2. The summed E-state index contributed by atoms with van der Waals surface area (Å²) in [7, 11) is -3.91. The van der Waals surface area contributed by atoms with Crippen molar-refractivity contribution in [2.45, 2.75) is 15.9 Å². The Morgan fingerprint density at radius 2 is 1.55 bits per heavy atom. The predicted octanol–water partition coefficient (Wildman–Crippen LogP) is 5.28. The number of fused-ring (bicyclic) bond motifs is 1. The summed E-state index contributed by atoms with van der Waals surface area (Å²) in [5.74, 6) is -0.0312. The average Bonchev–Trinajstić information content (AvgIpc) is 3.38. The maximum absolute atomic E-state index is 13.5. The molecule has 164 valence electrons. The number of hydrogen-bond acceptors (Lipinski definition) is 4. The first-order valence-corrected chi connectivity index (χ1v) is 11.7. The number of imidazole rings is 1. The highest BCUT2D eigenvalue weighted by molar-refractivity contribution is 7.91. The molecule has 2 N–H and O–H groups in total. The molecule has 0 spiro atoms. The van der Waals surface area contributed by atoms with E-state index in [0.29, 0.717) is 0 Å². The van der Waals surface area contributed by atoms with Gasteiger partial charge in [0.15, 0.2) is 0 Å². The minimum absolute atomic E-state index is 0.0242. The lowest BCUT2D eigenvalue weighted by Gasteiger charge is -2.15. The Hall–Kier alpha value is -3.81. The van der Waals surface area contributed by atoms with Gasteiger partial charge in [-0.05, 0) is 58.3 Å². The first-order chi connectivity index (χ1) is 15.9. The fourth-order valence-electron chi connectivity index (χ4n) is 3.87. The molecule has 5 rings (SSSR count). The van der Waals surface area contributed by atoms with Crippen molar-refractivity contribution in [3.63, 3.8) is 0 Å². The normalized spacial score (nSPS) is 12.7. The van der Waals surface area contributed by atoms with E-state index in [1.165, 1.54) is 24.4 Å². The van der Waals surface area contributed by atoms with Gasteiger partial charge in [-0.1, -0.05) is 48.5 Å². The van der Waals surface area contributed by atoms with E-state index in [2.05, 4.69) is 9.97 Å². The van der Waals surface area contributed by atoms with E-state index >= 15 is 0 Å². The number of nitrogens with one attached hydrogen (secondary N) is 1. The molecule has 1 heterocycles. The second kappa shape index (κ2) is 8.27. The molecule has 0 aliphatic carbocycles. The molecule has 0 amide bonds. The molecule has 0 aliphatic heterocycles. The Balaban J connectivity index is 1.55. The molecule has 0 radical (unpaired) electrons. The van der Waals surface area contributed by atoms with E-state index in [0.717, 1.165) is 21.9 Å². The number of H-pyrrole nitrogens is 1. The molecule has 7 heteroatoms. The van der Waals surface area contributed by atoms with Crippen LogP contribution in [-0.2, 0) is 9.84 Å². The molecule has 0 bridgehead atoms. The first kappa shape index (κ1) is 21.1. The number of aromatic nitrogens is 2. The fourth-order valence-corrected chi connectivity index (χ4v) is 5.40. The van der Waals surface area contributed by atoms with E-state index in [4.69, 9.17) is 0 Å². The monoisotopic (exact) mass is 458 g/mol. The highest BCUT2D eigenvalue weighted by Gasteiger charge is 2.26. The summed E-state index contributed by atoms with van der Waals surface area (Å²) in [6.07, 6.45) is 1.86. The lowest BCUT2D eigenvalue weighted by molar-refractivity contribution is 0.208. The summed E-state index contributed by atoms with van der Waals surface area (Å²) >= 11 is 0. The van der Waals surface area contributed by atoms with Crippen LogP contribution in [0.5, 0.6) is 0 Å². The minimum atomic E-state index is -3.91. The van der Waals surface area contributed by atoms with Crippen LogP contribution in [0.4, 0.5) is 4.39 Å². The Morgan fingerprint density at radius 1 is 0.848 bits per heavy atom. The third-order valence-electron chi connectivity index (χ3n) is 5.58. The summed E-state index contributed by atoms with van der Waals surface area (Å²) in [6.45, 7) is 0. The average molecular weight is 459 g/mol. The number of aromatic amines is 1. The lowest BCUT2D eigenvalue weighted by Crippen LogP contribution is -2.10. The molecule has 5 nitrogen and oxygen atoms in total. The van der Waals surface area contributed by atoms with Crippen LogP contribution >= 0.6 is 0 Å². The molecule has 0 aliphatic rings. The van der Waals surface area contributed by atoms with Crippen LogP contribution in [-0.4, -0.2) is 23.5 Å². The third-order valence-corrected chi connectivity index (χ3v) is 7.41. The molecule has 4 aromatic carbocycles. The van der Waals surface area contributed by atoms with Gasteiger partial charge in [-0.15, -0.1) is 0 Å². The van der Waals surface area contributed by atoms with Gasteiger partial charge in [0.1, 0.15) is 17.7 Å². The van der Waals surface area contributed by atoms with Crippen LogP contribution in [0.1, 0.15) is 17.5 Å². The summed E-state index contributed by atoms with van der Waals surface area (Å²) in [5, 5.41) is 12.3. The number of aliphatic hydroxyl groups is 1. The number of hydrogen-bond donors (Lipinski definition) is 2. The smallest absolute Gasteiger partial charge is 0.206 e. The molecule has 5 aromatic rings. The van der Waals surface area contributed by atoms with E-state index in [9.17, 15) is 17.9 Å². The van der Waals surface area contributed by atoms with Crippen molar-refractivity contribution < 1.29 is 17.9 Å². The Kier molecular flexibility index (Phi) is 5.28. The zero-order valence-corrected chi connectivity index (χ0v) is 18.1. The van der Waals surface area contributed by atoms with Crippen molar-refractivity contribution in [1.29, 1.82) is 0 Å². The number of aliphatic hydroxyl groups excluding tert-OH is 1. The maximum Gasteiger partial charge on any atom is 0.206 e. The number of benzene rings is 4. The number of halogens is 1. The quantitative estimate of drug-likeness (QED) is 0.375. The van der Waals surface area contributed by atoms with Crippen LogP contribution in [0.15, 0.2) is 107 Å². The molecule has 1 unspecified atom stereocenters. The molecular formula is C26H19FN2O3S. The first-order valence-electron chi connectivity index (χ1n) is 10.2. The fraction of sp³-hybridized carbons (Fsp3) is 0.0385. The van der Waals surface area contributed by atoms with Gasteiger partial charge in [0.05, 0.1) is 9.79 Å². The van der Waals surface area contributed by atoms with Crippen LogP contribution in [0.2, 0.25) is 0 Å². The van der Waals surface area contributed by atoms with Crippen molar-refractivity contribution in [2.24, 2.45) is 0 Å². The lowest BCUT2D eigenvalue weighted by atomic mass is 10.0. The van der Waals surface area contributed by atoms with Gasteiger partial charge < -0.3 is 10.1 Å². The summed E-state index contributed by atoms with van der Waals surface area (Å²) in [6, 6.07) is 23.2. The molecule has 0 saturated carbocycles. The largest absolute Gasteiger partial charge is 0.380 e. The van der Waals surface area contributed by atoms with Gasteiger partial charge in [-0.3, -0.25) is 0 Å². The van der Waals surface area contributed by atoms with Crippen molar-refractivity contribution in [3.05, 3.63) is 115 Å². The van der Waals surface area contributed by atoms with E-state index in [1.54, 1.807) is 54.7 Å². The SMILES string of the molecule is O=S(=O)(c1ccc2cc(-c3ccc(F)cc3)ccc2c1)c1ccccc1C(O)c1ncc[nH]1. The zero-order chi connectivity index (χ0) is 23.0. The van der Waals surface area contributed by atoms with Gasteiger partial charge >= 0.3 is 0 Å². The van der Waals surface area contributed by atoms with Crippen molar-refractivity contribution >= 4 is 20.6 Å². The number of nitrogens with zero attached hydrogens (tertiary/aromatic N) is 1. The topological polar surface area (TPSA) is 83.1 Å². The maximum atomic E-state index is 13.5. The summed E-state index contributed by atoms with van der Waals surface area (Å²) in [4.78, 5) is 7.02. The molecule has 33 heavy (non-hydrogen) atoms. The highest BCUT2D eigenvalue weighted by Crippen LogP contribution is 2.32. The van der Waals surface area contributed by atoms with Crippen LogP contribution in [0.3, 0.4) is 0 Å². The van der Waals surface area contributed by atoms with Crippen LogP contribution in [0.25, 0.3) is 21.9 Å². The summed E-state index contributed by atoms with van der Waals surface area (Å²) < 4.78 is 40.3. The summed E-state index contributed by atoms with van der Waals surface area (Å²) in [5.41, 5.74) is 2.03. The van der Waals surface area contributed by atoms with E-state index in [1.807, 2.05) is 18.2 Å². The molecule has 0 fully saturated rings. The molecular weight excluding hydrogens is 439 g/mol. The van der Waals surface area contributed by atoms with Crippen LogP contribution in [0, 0.1) is 5.82 Å². The van der Waals surface area contributed by atoms with Crippen molar-refractivity contribution in [2.75, 3.05) is 0 Å². The van der Waals surface area contributed by atoms with Gasteiger partial charge in [-0.25, -0.2) is 17.8 Å². The number of rotatable bonds is 5. The van der Waals surface area contributed by atoms with Gasteiger partial charge in [0.25, 0.3) is 0 Å². The van der Waals surface area contributed by atoms with Gasteiger partial charge in [-0.2, -0.15) is 0 Å². The van der Waals surface area contributed by atoms with Gasteiger partial charge in [0.2, 0.25) is 9.84 Å². The zero-order valence-electron chi connectivity index (χ0n) is 17.3. The van der Waals surface area contributed by atoms with Crippen molar-refractivity contribution in [1.82, 2.24) is 9.97 Å². The van der Waals surface area contributed by atoms with Gasteiger partial charge in [0, 0.05) is 18.0 Å². The molecule has 1 aromatic heterocycles. The predicted molar refractivity (Wildman–Crippen MR) is 124 cm³/mol. The molecule has 1 atom stereocenters.